The SMILES string of the molecule is COC(=O)[C@H](CCC[C@H](NC(C)=O)c1cc(C)c2ccccc2n1)NC(=O)OC(C)(C)C. The van der Waals surface area contributed by atoms with Crippen molar-refractivity contribution in [2.75, 3.05) is 7.11 Å². The van der Waals surface area contributed by atoms with Gasteiger partial charge in [-0.1, -0.05) is 18.2 Å². The summed E-state index contributed by atoms with van der Waals surface area (Å²) in [6.07, 6.45) is 0.717. The van der Waals surface area contributed by atoms with Crippen LogP contribution >= 0.6 is 0 Å². The van der Waals surface area contributed by atoms with Gasteiger partial charge in [0.05, 0.1) is 24.4 Å². The molecule has 174 valence electrons. The fourth-order valence-corrected chi connectivity index (χ4v) is 3.46. The maximum absolute atomic E-state index is 12.2. The number of amides is 2. The molecule has 0 saturated heterocycles. The molecule has 8 heteroatoms. The van der Waals surface area contributed by atoms with Crippen LogP contribution in [0.15, 0.2) is 30.3 Å². The molecule has 1 aromatic heterocycles. The van der Waals surface area contributed by atoms with Crippen molar-refractivity contribution in [3.8, 4) is 0 Å². The summed E-state index contributed by atoms with van der Waals surface area (Å²) in [4.78, 5) is 40.8. The number of nitrogens with one attached hydrogen (secondary N) is 2. The molecule has 1 heterocycles. The first-order valence-corrected chi connectivity index (χ1v) is 10.7. The van der Waals surface area contributed by atoms with Gasteiger partial charge in [0, 0.05) is 12.3 Å². The molecule has 0 unspecified atom stereocenters. The molecule has 0 radical (unpaired) electrons. The van der Waals surface area contributed by atoms with E-state index in [2.05, 4.69) is 10.6 Å². The molecule has 0 aliphatic carbocycles. The average molecular weight is 444 g/mol. The molecule has 1 aromatic carbocycles. The summed E-state index contributed by atoms with van der Waals surface area (Å²) in [5.74, 6) is -0.717. The average Bonchev–Trinajstić information content (AvgIpc) is 2.70. The van der Waals surface area contributed by atoms with Gasteiger partial charge < -0.3 is 20.1 Å². The Kier molecular flexibility index (Phi) is 8.57. The van der Waals surface area contributed by atoms with Gasteiger partial charge in [0.2, 0.25) is 5.91 Å². The molecule has 2 rings (SSSR count). The number of benzene rings is 1. The van der Waals surface area contributed by atoms with Crippen molar-refractivity contribution >= 4 is 28.9 Å². The van der Waals surface area contributed by atoms with E-state index in [4.69, 9.17) is 14.5 Å². The number of aromatic nitrogens is 1. The van der Waals surface area contributed by atoms with Crippen LogP contribution in [-0.2, 0) is 19.1 Å². The number of rotatable bonds is 8. The number of carbonyl (C=O) groups is 3. The highest BCUT2D eigenvalue weighted by atomic mass is 16.6. The van der Waals surface area contributed by atoms with E-state index in [0.717, 1.165) is 22.2 Å². The first kappa shape index (κ1) is 25.1. The van der Waals surface area contributed by atoms with Gasteiger partial charge in [0.15, 0.2) is 0 Å². The molecule has 0 aliphatic rings. The summed E-state index contributed by atoms with van der Waals surface area (Å²) in [5, 5.41) is 6.58. The largest absolute Gasteiger partial charge is 0.467 e. The number of carbonyl (C=O) groups excluding carboxylic acids is 3. The lowest BCUT2D eigenvalue weighted by molar-refractivity contribution is -0.143. The standard InChI is InChI=1S/C24H33N3O5/c1-15-14-21(26-18-11-8-7-10-17(15)18)19(25-16(2)28)12-9-13-20(22(29)31-6)27-23(30)32-24(3,4)5/h7-8,10-11,14,19-20H,9,12-13H2,1-6H3,(H,25,28)(H,27,30)/t19-,20-/m0/s1. The maximum atomic E-state index is 12.2. The maximum Gasteiger partial charge on any atom is 0.408 e. The van der Waals surface area contributed by atoms with E-state index in [-0.39, 0.29) is 11.9 Å². The highest BCUT2D eigenvalue weighted by Gasteiger charge is 2.25. The molecule has 2 atom stereocenters. The molecular weight excluding hydrogens is 410 g/mol. The number of alkyl carbamates (subject to hydrolysis) is 1. The Bertz CT molecular complexity index is 968. The second kappa shape index (κ2) is 10.9. The van der Waals surface area contributed by atoms with Gasteiger partial charge >= 0.3 is 12.1 Å². The molecule has 0 bridgehead atoms. The van der Waals surface area contributed by atoms with E-state index in [1.807, 2.05) is 37.3 Å². The topological polar surface area (TPSA) is 107 Å². The predicted octanol–water partition coefficient (Wildman–Crippen LogP) is 3.96. The van der Waals surface area contributed by atoms with Crippen LogP contribution in [0.2, 0.25) is 0 Å². The van der Waals surface area contributed by atoms with Gasteiger partial charge in [0.1, 0.15) is 11.6 Å². The zero-order valence-electron chi connectivity index (χ0n) is 19.7. The number of nitrogens with zero attached hydrogens (tertiary/aromatic N) is 1. The molecular formula is C24H33N3O5. The monoisotopic (exact) mass is 443 g/mol. The van der Waals surface area contributed by atoms with Crippen molar-refractivity contribution in [2.45, 2.75) is 71.6 Å². The Balaban J connectivity index is 2.12. The number of hydrogen-bond acceptors (Lipinski definition) is 6. The third-order valence-corrected chi connectivity index (χ3v) is 4.84. The van der Waals surface area contributed by atoms with Gasteiger partial charge in [-0.3, -0.25) is 9.78 Å². The Labute approximate surface area is 189 Å². The fourth-order valence-electron chi connectivity index (χ4n) is 3.46. The van der Waals surface area contributed by atoms with Crippen LogP contribution in [-0.4, -0.2) is 41.7 Å². The highest BCUT2D eigenvalue weighted by molar-refractivity contribution is 5.82. The van der Waals surface area contributed by atoms with E-state index < -0.39 is 23.7 Å². The quantitative estimate of drug-likeness (QED) is 0.598. The molecule has 0 saturated carbocycles. The Morgan fingerprint density at radius 1 is 1.09 bits per heavy atom. The third-order valence-electron chi connectivity index (χ3n) is 4.84. The van der Waals surface area contributed by atoms with E-state index in [0.29, 0.717) is 19.3 Å². The van der Waals surface area contributed by atoms with Crippen LogP contribution < -0.4 is 10.6 Å². The molecule has 8 nitrogen and oxygen atoms in total. The number of esters is 1. The zero-order valence-corrected chi connectivity index (χ0v) is 19.7. The molecule has 2 aromatic rings. The van der Waals surface area contributed by atoms with Crippen LogP contribution in [0.25, 0.3) is 10.9 Å². The molecule has 2 N–H and O–H groups in total. The summed E-state index contributed by atoms with van der Waals surface area (Å²) < 4.78 is 10.1. The van der Waals surface area contributed by atoms with Crippen LogP contribution in [0, 0.1) is 6.92 Å². The minimum atomic E-state index is -0.848. The number of hydrogen-bond donors (Lipinski definition) is 2. The fraction of sp³-hybridized carbons (Fsp3) is 0.500. The Morgan fingerprint density at radius 3 is 2.41 bits per heavy atom. The van der Waals surface area contributed by atoms with Gasteiger partial charge in [-0.15, -0.1) is 0 Å². The van der Waals surface area contributed by atoms with Crippen molar-refractivity contribution in [3.05, 3.63) is 41.6 Å². The van der Waals surface area contributed by atoms with E-state index in [9.17, 15) is 14.4 Å². The van der Waals surface area contributed by atoms with E-state index in [1.54, 1.807) is 20.8 Å². The van der Waals surface area contributed by atoms with Crippen LogP contribution in [0.5, 0.6) is 0 Å². The van der Waals surface area contributed by atoms with Gasteiger partial charge in [-0.25, -0.2) is 9.59 Å². The smallest absolute Gasteiger partial charge is 0.408 e. The number of pyridine rings is 1. The third kappa shape index (κ3) is 7.51. The van der Waals surface area contributed by atoms with Gasteiger partial charge in [-0.05, 0) is 64.7 Å². The highest BCUT2D eigenvalue weighted by Crippen LogP contribution is 2.24. The Hall–Kier alpha value is -3.16. The van der Waals surface area contributed by atoms with Gasteiger partial charge in [0.25, 0.3) is 0 Å². The number of fused-ring (bicyclic) bond motifs is 1. The molecule has 2 amide bonds. The summed E-state index contributed by atoms with van der Waals surface area (Å²) >= 11 is 0. The van der Waals surface area contributed by atoms with Gasteiger partial charge in [-0.2, -0.15) is 0 Å². The minimum absolute atomic E-state index is 0.168. The van der Waals surface area contributed by atoms with E-state index in [1.165, 1.54) is 14.0 Å². The second-order valence-electron chi connectivity index (χ2n) is 8.79. The number of aryl methyl sites for hydroxylation is 1. The normalized spacial score (nSPS) is 13.2. The second-order valence-corrected chi connectivity index (χ2v) is 8.79. The molecule has 0 fully saturated rings. The number of ether oxygens (including phenoxy) is 2. The molecule has 32 heavy (non-hydrogen) atoms. The van der Waals surface area contributed by atoms with Crippen LogP contribution in [0.3, 0.4) is 0 Å². The van der Waals surface area contributed by atoms with Crippen molar-refractivity contribution in [3.63, 3.8) is 0 Å². The summed E-state index contributed by atoms with van der Waals surface area (Å²) in [6.45, 7) is 8.71. The lowest BCUT2D eigenvalue weighted by Crippen LogP contribution is -2.44. The van der Waals surface area contributed by atoms with Crippen LogP contribution in [0.4, 0.5) is 4.79 Å². The van der Waals surface area contributed by atoms with Crippen molar-refractivity contribution in [2.24, 2.45) is 0 Å². The lowest BCUT2D eigenvalue weighted by atomic mass is 10.00. The Morgan fingerprint density at radius 2 is 1.78 bits per heavy atom. The summed E-state index contributed by atoms with van der Waals surface area (Å²) in [7, 11) is 1.27. The first-order chi connectivity index (χ1) is 15.0. The molecule has 0 spiro atoms. The number of para-hydroxylation sites is 1. The summed E-state index contributed by atoms with van der Waals surface area (Å²) in [5.41, 5.74) is 2.00. The molecule has 0 aliphatic heterocycles. The predicted molar refractivity (Wildman–Crippen MR) is 122 cm³/mol. The van der Waals surface area contributed by atoms with Crippen LogP contribution in [0.1, 0.15) is 64.3 Å². The van der Waals surface area contributed by atoms with Crippen molar-refractivity contribution < 1.29 is 23.9 Å². The first-order valence-electron chi connectivity index (χ1n) is 10.7. The number of methoxy groups -OCH3 is 1. The van der Waals surface area contributed by atoms with Crippen molar-refractivity contribution in [1.29, 1.82) is 0 Å². The zero-order chi connectivity index (χ0) is 23.9. The van der Waals surface area contributed by atoms with Crippen molar-refractivity contribution in [1.82, 2.24) is 15.6 Å². The summed E-state index contributed by atoms with van der Waals surface area (Å²) in [6, 6.07) is 8.64. The van der Waals surface area contributed by atoms with E-state index >= 15 is 0 Å². The minimum Gasteiger partial charge on any atom is -0.467 e. The lowest BCUT2D eigenvalue weighted by Gasteiger charge is -2.23.